The molecule has 0 aromatic carbocycles. The third kappa shape index (κ3) is 3.77. The molecule has 1 aliphatic carbocycles. The minimum absolute atomic E-state index is 0.0872. The summed E-state index contributed by atoms with van der Waals surface area (Å²) in [6.45, 7) is 5.26. The number of rotatable bonds is 2. The molecule has 0 bridgehead atoms. The minimum Gasteiger partial charge on any atom is -0.459 e. The Morgan fingerprint density at radius 2 is 2.07 bits per heavy atom. The number of esters is 1. The molecule has 0 amide bonds. The highest BCUT2D eigenvalue weighted by molar-refractivity contribution is 5.87. The van der Waals surface area contributed by atoms with Crippen molar-refractivity contribution in [2.75, 3.05) is 0 Å². The van der Waals surface area contributed by atoms with Crippen LogP contribution in [0.3, 0.4) is 0 Å². The number of allylic oxidation sites excluding steroid dienone is 2. The summed E-state index contributed by atoms with van der Waals surface area (Å²) >= 11 is 0. The summed E-state index contributed by atoms with van der Waals surface area (Å²) in [4.78, 5) is 11.3. The molecule has 78 valence electrons. The highest BCUT2D eigenvalue weighted by Crippen LogP contribution is 2.16. The smallest absolute Gasteiger partial charge is 0.333 e. The van der Waals surface area contributed by atoms with Crippen LogP contribution in [0.5, 0.6) is 0 Å². The zero-order chi connectivity index (χ0) is 10.4. The first-order valence-corrected chi connectivity index (χ1v) is 5.21. The van der Waals surface area contributed by atoms with Crippen molar-refractivity contribution in [3.05, 3.63) is 24.3 Å². The van der Waals surface area contributed by atoms with Crippen LogP contribution in [-0.2, 0) is 9.53 Å². The number of hydrogen-bond acceptors (Lipinski definition) is 2. The van der Waals surface area contributed by atoms with Crippen LogP contribution in [0.4, 0.5) is 0 Å². The van der Waals surface area contributed by atoms with Gasteiger partial charge in [0.25, 0.3) is 0 Å². The zero-order valence-corrected chi connectivity index (χ0v) is 8.79. The molecule has 1 atom stereocenters. The Hall–Kier alpha value is -1.05. The fourth-order valence-corrected chi connectivity index (χ4v) is 1.50. The summed E-state index contributed by atoms with van der Waals surface area (Å²) in [5.41, 5.74) is 0.489. The van der Waals surface area contributed by atoms with E-state index in [-0.39, 0.29) is 12.1 Å². The largest absolute Gasteiger partial charge is 0.459 e. The minimum atomic E-state index is -0.250. The summed E-state index contributed by atoms with van der Waals surface area (Å²) in [5, 5.41) is 0. The number of ether oxygens (including phenoxy) is 1. The Morgan fingerprint density at radius 3 is 2.79 bits per heavy atom. The fourth-order valence-electron chi connectivity index (χ4n) is 1.50. The lowest BCUT2D eigenvalue weighted by Gasteiger charge is -2.18. The summed E-state index contributed by atoms with van der Waals surface area (Å²) < 4.78 is 5.32. The van der Waals surface area contributed by atoms with Gasteiger partial charge in [0.15, 0.2) is 0 Å². The maximum atomic E-state index is 11.3. The molecule has 0 spiro atoms. The van der Waals surface area contributed by atoms with Crippen molar-refractivity contribution in [2.24, 2.45) is 0 Å². The highest BCUT2D eigenvalue weighted by Gasteiger charge is 2.14. The second-order valence-electron chi connectivity index (χ2n) is 3.79. The van der Waals surface area contributed by atoms with Crippen LogP contribution >= 0.6 is 0 Å². The lowest BCUT2D eigenvalue weighted by Crippen LogP contribution is -2.19. The fraction of sp³-hybridized carbons (Fsp3) is 0.583. The molecule has 0 aromatic rings. The average molecular weight is 194 g/mol. The number of carbonyl (C=O) groups is 1. The van der Waals surface area contributed by atoms with E-state index in [0.29, 0.717) is 5.57 Å². The van der Waals surface area contributed by atoms with Gasteiger partial charge in [-0.15, -0.1) is 0 Å². The molecular weight excluding hydrogens is 176 g/mol. The molecule has 0 heterocycles. The van der Waals surface area contributed by atoms with E-state index < -0.39 is 0 Å². The second-order valence-corrected chi connectivity index (χ2v) is 3.79. The van der Waals surface area contributed by atoms with Crippen molar-refractivity contribution >= 4 is 5.97 Å². The van der Waals surface area contributed by atoms with Crippen molar-refractivity contribution in [3.8, 4) is 0 Å². The Balaban J connectivity index is 2.39. The predicted molar refractivity (Wildman–Crippen MR) is 56.9 cm³/mol. The molecule has 0 fully saturated rings. The molecule has 0 aromatic heterocycles. The first-order valence-electron chi connectivity index (χ1n) is 5.21. The highest BCUT2D eigenvalue weighted by atomic mass is 16.5. The molecule has 0 aliphatic heterocycles. The summed E-state index contributed by atoms with van der Waals surface area (Å²) in [7, 11) is 0. The van der Waals surface area contributed by atoms with E-state index in [9.17, 15) is 4.79 Å². The molecule has 1 rings (SSSR count). The topological polar surface area (TPSA) is 26.3 Å². The second kappa shape index (κ2) is 5.63. The molecule has 14 heavy (non-hydrogen) atoms. The van der Waals surface area contributed by atoms with E-state index >= 15 is 0 Å². The lowest BCUT2D eigenvalue weighted by molar-refractivity contribution is -0.144. The van der Waals surface area contributed by atoms with E-state index in [1.807, 2.05) is 0 Å². The third-order valence-corrected chi connectivity index (χ3v) is 2.34. The van der Waals surface area contributed by atoms with E-state index in [0.717, 1.165) is 32.1 Å². The molecule has 2 heteroatoms. The summed E-state index contributed by atoms with van der Waals surface area (Å²) in [6.07, 6.45) is 9.58. The van der Waals surface area contributed by atoms with Crippen molar-refractivity contribution in [2.45, 2.75) is 45.1 Å². The maximum absolute atomic E-state index is 11.3. The van der Waals surface area contributed by atoms with Gasteiger partial charge < -0.3 is 4.74 Å². The van der Waals surface area contributed by atoms with Gasteiger partial charge in [0.05, 0.1) is 0 Å². The van der Waals surface area contributed by atoms with Gasteiger partial charge in [0.1, 0.15) is 6.10 Å². The van der Waals surface area contributed by atoms with E-state index in [1.165, 1.54) is 0 Å². The van der Waals surface area contributed by atoms with Crippen LogP contribution in [0, 0.1) is 0 Å². The van der Waals surface area contributed by atoms with Gasteiger partial charge >= 0.3 is 5.97 Å². The van der Waals surface area contributed by atoms with Gasteiger partial charge in [0.2, 0.25) is 0 Å². The van der Waals surface area contributed by atoms with Crippen molar-refractivity contribution < 1.29 is 9.53 Å². The molecule has 0 N–H and O–H groups in total. The summed E-state index contributed by atoms with van der Waals surface area (Å²) in [5.74, 6) is -0.250. The maximum Gasteiger partial charge on any atom is 0.333 e. The molecule has 0 radical (unpaired) electrons. The van der Waals surface area contributed by atoms with Crippen LogP contribution in [-0.4, -0.2) is 12.1 Å². The van der Waals surface area contributed by atoms with Gasteiger partial charge in [0, 0.05) is 5.57 Å². The standard InChI is InChI=1S/C12H18O2/c1-10(2)12(13)14-11-8-6-4-3-5-7-9-11/h3-4,11H,1,5-9H2,2H3. The van der Waals surface area contributed by atoms with Crippen LogP contribution in [0.2, 0.25) is 0 Å². The van der Waals surface area contributed by atoms with Gasteiger partial charge in [-0.1, -0.05) is 18.7 Å². The molecule has 0 saturated carbocycles. The monoisotopic (exact) mass is 194 g/mol. The van der Waals surface area contributed by atoms with Gasteiger partial charge in [-0.25, -0.2) is 4.79 Å². The van der Waals surface area contributed by atoms with Gasteiger partial charge in [-0.2, -0.15) is 0 Å². The van der Waals surface area contributed by atoms with Gasteiger partial charge in [-0.05, 0) is 39.0 Å². The van der Waals surface area contributed by atoms with Crippen LogP contribution < -0.4 is 0 Å². The van der Waals surface area contributed by atoms with Crippen molar-refractivity contribution in [1.29, 1.82) is 0 Å². The Morgan fingerprint density at radius 1 is 1.36 bits per heavy atom. The van der Waals surface area contributed by atoms with Crippen LogP contribution in [0.25, 0.3) is 0 Å². The Labute approximate surface area is 85.6 Å². The van der Waals surface area contributed by atoms with Crippen LogP contribution in [0.15, 0.2) is 24.3 Å². The predicted octanol–water partition coefficient (Wildman–Crippen LogP) is 2.99. The number of hydrogen-bond donors (Lipinski definition) is 0. The van der Waals surface area contributed by atoms with Crippen molar-refractivity contribution in [3.63, 3.8) is 0 Å². The first-order chi connectivity index (χ1) is 6.70. The molecule has 1 aliphatic rings. The zero-order valence-electron chi connectivity index (χ0n) is 8.79. The van der Waals surface area contributed by atoms with Gasteiger partial charge in [-0.3, -0.25) is 0 Å². The molecular formula is C12H18O2. The molecule has 1 unspecified atom stereocenters. The quantitative estimate of drug-likeness (QED) is 0.384. The van der Waals surface area contributed by atoms with E-state index in [2.05, 4.69) is 18.7 Å². The number of carbonyl (C=O) groups excluding carboxylic acids is 1. The van der Waals surface area contributed by atoms with E-state index in [1.54, 1.807) is 6.92 Å². The SMILES string of the molecule is C=C(C)C(=O)OC1CCC=CCCC1. The third-order valence-electron chi connectivity index (χ3n) is 2.34. The van der Waals surface area contributed by atoms with Crippen molar-refractivity contribution in [1.82, 2.24) is 0 Å². The first kappa shape index (κ1) is 11.0. The Bertz CT molecular complexity index is 241. The Kier molecular flexibility index (Phi) is 4.44. The van der Waals surface area contributed by atoms with Crippen LogP contribution in [0.1, 0.15) is 39.0 Å². The normalized spacial score (nSPS) is 22.2. The van der Waals surface area contributed by atoms with E-state index in [4.69, 9.17) is 4.74 Å². The lowest BCUT2D eigenvalue weighted by atomic mass is 10.0. The summed E-state index contributed by atoms with van der Waals surface area (Å²) in [6, 6.07) is 0. The average Bonchev–Trinajstić information content (AvgIpc) is 2.08. The molecule has 2 nitrogen and oxygen atoms in total. The molecule has 0 saturated heterocycles.